The van der Waals surface area contributed by atoms with Crippen LogP contribution in [-0.4, -0.2) is 56.2 Å². The van der Waals surface area contributed by atoms with Crippen LogP contribution in [0.2, 0.25) is 0 Å². The van der Waals surface area contributed by atoms with Gasteiger partial charge in [-0.1, -0.05) is 0 Å². The van der Waals surface area contributed by atoms with E-state index in [9.17, 15) is 9.90 Å². The van der Waals surface area contributed by atoms with Gasteiger partial charge in [-0.3, -0.25) is 14.8 Å². The third-order valence-electron chi connectivity index (χ3n) is 6.47. The van der Waals surface area contributed by atoms with Crippen LogP contribution in [0.1, 0.15) is 28.9 Å². The topological polar surface area (TPSA) is 80.5 Å². The number of piperidine rings is 1. The molecule has 4 aromatic rings. The minimum Gasteiger partial charge on any atom is -0.497 e. The van der Waals surface area contributed by atoms with E-state index in [0.717, 1.165) is 27.6 Å². The second-order valence-corrected chi connectivity index (χ2v) is 8.57. The fourth-order valence-corrected chi connectivity index (χ4v) is 4.52. The maximum absolute atomic E-state index is 13.3. The Kier molecular flexibility index (Phi) is 5.06. The molecule has 1 amide bonds. The third-order valence-corrected chi connectivity index (χ3v) is 6.47. The van der Waals surface area contributed by atoms with Crippen LogP contribution < -0.4 is 4.74 Å². The third kappa shape index (κ3) is 3.69. The molecule has 0 saturated carbocycles. The number of rotatable bonds is 4. The predicted octanol–water partition coefficient (Wildman–Crippen LogP) is 3.57. The van der Waals surface area contributed by atoms with Crippen molar-refractivity contribution in [3.05, 3.63) is 66.2 Å². The van der Waals surface area contributed by atoms with Crippen LogP contribution in [0.5, 0.6) is 5.75 Å². The molecule has 0 atom stereocenters. The maximum atomic E-state index is 13.3. The number of hydrogen-bond acceptors (Lipinski definition) is 5. The first-order valence-electron chi connectivity index (χ1n) is 10.8. The molecule has 1 fully saturated rings. The number of likely N-dealkylation sites (tertiary alicyclic amines) is 1. The second-order valence-electron chi connectivity index (χ2n) is 8.57. The molecule has 1 N–H and O–H groups in total. The Labute approximate surface area is 186 Å². The summed E-state index contributed by atoms with van der Waals surface area (Å²) in [5, 5.41) is 13.2. The first-order valence-corrected chi connectivity index (χ1v) is 10.8. The summed E-state index contributed by atoms with van der Waals surface area (Å²) in [6.45, 7) is 3.36. The summed E-state index contributed by atoms with van der Waals surface area (Å²) in [6.07, 6.45) is 6.63. The summed E-state index contributed by atoms with van der Waals surface area (Å²) in [5.41, 5.74) is 2.26. The number of methoxy groups -OCH3 is 1. The van der Waals surface area contributed by atoms with Crippen LogP contribution >= 0.6 is 0 Å². The summed E-state index contributed by atoms with van der Waals surface area (Å²) < 4.78 is 7.32. The van der Waals surface area contributed by atoms with E-state index >= 15 is 0 Å². The zero-order valence-electron chi connectivity index (χ0n) is 18.3. The van der Waals surface area contributed by atoms with Gasteiger partial charge in [0, 0.05) is 42.3 Å². The van der Waals surface area contributed by atoms with Gasteiger partial charge in [0.25, 0.3) is 5.91 Å². The highest BCUT2D eigenvalue weighted by atomic mass is 16.5. The van der Waals surface area contributed by atoms with Crippen molar-refractivity contribution in [1.82, 2.24) is 19.4 Å². The Morgan fingerprint density at radius 2 is 1.97 bits per heavy atom. The number of aliphatic hydroxyl groups is 1. The Morgan fingerprint density at radius 1 is 1.16 bits per heavy atom. The van der Waals surface area contributed by atoms with Gasteiger partial charge in [0.15, 0.2) is 0 Å². The van der Waals surface area contributed by atoms with Crippen LogP contribution in [0, 0.1) is 6.92 Å². The highest BCUT2D eigenvalue weighted by Gasteiger charge is 2.35. The van der Waals surface area contributed by atoms with E-state index in [2.05, 4.69) is 9.97 Å². The lowest BCUT2D eigenvalue weighted by molar-refractivity contribution is -0.0284. The molecule has 1 aromatic carbocycles. The molecule has 0 aliphatic carbocycles. The highest BCUT2D eigenvalue weighted by Crippen LogP contribution is 2.28. The number of benzene rings is 1. The zero-order chi connectivity index (χ0) is 22.3. The standard InChI is InChI=1S/C25H26N4O3/c1-17-21(13-19-3-4-20(32-2)14-22(19)27-17)24(30)28-11-7-25(31,8-12-28)16-29-10-6-18-5-9-26-15-23(18)29/h3-6,9-10,13-15,31H,7-8,11-12,16H2,1-2H3. The molecule has 0 spiro atoms. The molecule has 3 aromatic heterocycles. The van der Waals surface area contributed by atoms with Crippen molar-refractivity contribution in [1.29, 1.82) is 0 Å². The largest absolute Gasteiger partial charge is 0.497 e. The molecule has 1 aliphatic heterocycles. The molecule has 32 heavy (non-hydrogen) atoms. The molecule has 1 aliphatic rings. The van der Waals surface area contributed by atoms with Crippen LogP contribution in [0.4, 0.5) is 0 Å². The summed E-state index contributed by atoms with van der Waals surface area (Å²) in [6, 6.07) is 11.6. The number of carbonyl (C=O) groups excluding carboxylic acids is 1. The van der Waals surface area contributed by atoms with Crippen LogP contribution in [-0.2, 0) is 6.54 Å². The van der Waals surface area contributed by atoms with Crippen LogP contribution in [0.15, 0.2) is 55.0 Å². The van der Waals surface area contributed by atoms with E-state index < -0.39 is 5.60 Å². The van der Waals surface area contributed by atoms with Crippen molar-refractivity contribution in [3.8, 4) is 5.75 Å². The maximum Gasteiger partial charge on any atom is 0.255 e. The van der Waals surface area contributed by atoms with E-state index in [4.69, 9.17) is 4.74 Å². The normalized spacial score (nSPS) is 15.9. The average Bonchev–Trinajstić information content (AvgIpc) is 3.20. The van der Waals surface area contributed by atoms with E-state index in [0.29, 0.717) is 43.7 Å². The van der Waals surface area contributed by atoms with Gasteiger partial charge in [-0.05, 0) is 50.1 Å². The minimum absolute atomic E-state index is 0.0367. The molecule has 7 heteroatoms. The molecular weight excluding hydrogens is 404 g/mol. The van der Waals surface area contributed by atoms with Gasteiger partial charge in [-0.25, -0.2) is 0 Å². The Hall–Kier alpha value is -3.45. The summed E-state index contributed by atoms with van der Waals surface area (Å²) in [4.78, 5) is 23.9. The fraction of sp³-hybridized carbons (Fsp3) is 0.320. The van der Waals surface area contributed by atoms with E-state index in [1.54, 1.807) is 13.3 Å². The van der Waals surface area contributed by atoms with Gasteiger partial charge >= 0.3 is 0 Å². The van der Waals surface area contributed by atoms with Gasteiger partial charge in [0.05, 0.1) is 47.7 Å². The summed E-state index contributed by atoms with van der Waals surface area (Å²) in [5.74, 6) is 0.704. The number of fused-ring (bicyclic) bond motifs is 2. The Morgan fingerprint density at radius 3 is 2.75 bits per heavy atom. The quantitative estimate of drug-likeness (QED) is 0.535. The second kappa shape index (κ2) is 7.91. The van der Waals surface area contributed by atoms with Gasteiger partial charge in [0.1, 0.15) is 5.75 Å². The monoisotopic (exact) mass is 430 g/mol. The van der Waals surface area contributed by atoms with E-state index in [1.165, 1.54) is 0 Å². The number of pyridine rings is 2. The van der Waals surface area contributed by atoms with Crippen molar-refractivity contribution in [3.63, 3.8) is 0 Å². The molecule has 164 valence electrons. The number of aryl methyl sites for hydroxylation is 1. The first kappa shape index (κ1) is 20.5. The highest BCUT2D eigenvalue weighted by molar-refractivity contribution is 5.98. The number of amides is 1. The average molecular weight is 431 g/mol. The fourth-order valence-electron chi connectivity index (χ4n) is 4.52. The summed E-state index contributed by atoms with van der Waals surface area (Å²) in [7, 11) is 1.62. The number of carbonyl (C=O) groups is 1. The molecule has 5 rings (SSSR count). The summed E-state index contributed by atoms with van der Waals surface area (Å²) >= 11 is 0. The van der Waals surface area contributed by atoms with Crippen molar-refractivity contribution < 1.29 is 14.6 Å². The molecule has 0 radical (unpaired) electrons. The van der Waals surface area contributed by atoms with E-state index in [1.807, 2.05) is 65.2 Å². The molecule has 0 unspecified atom stereocenters. The molecule has 1 saturated heterocycles. The predicted molar refractivity (Wildman–Crippen MR) is 123 cm³/mol. The SMILES string of the molecule is COc1ccc2cc(C(=O)N3CCC(O)(Cn4ccc5ccncc54)CC3)c(C)nc2c1. The molecular formula is C25H26N4O3. The Bertz CT molecular complexity index is 1310. The smallest absolute Gasteiger partial charge is 0.255 e. The van der Waals surface area contributed by atoms with Crippen LogP contribution in [0.3, 0.4) is 0 Å². The van der Waals surface area contributed by atoms with Crippen molar-refractivity contribution >= 4 is 27.7 Å². The Balaban J connectivity index is 1.31. The van der Waals surface area contributed by atoms with Crippen molar-refractivity contribution in [2.75, 3.05) is 20.2 Å². The van der Waals surface area contributed by atoms with Crippen molar-refractivity contribution in [2.45, 2.75) is 31.9 Å². The van der Waals surface area contributed by atoms with Gasteiger partial charge in [-0.2, -0.15) is 0 Å². The number of ether oxygens (including phenoxy) is 1. The molecule has 4 heterocycles. The van der Waals surface area contributed by atoms with Crippen LogP contribution in [0.25, 0.3) is 21.8 Å². The number of aromatic nitrogens is 3. The number of nitrogens with zero attached hydrogens (tertiary/aromatic N) is 4. The van der Waals surface area contributed by atoms with Crippen molar-refractivity contribution in [2.24, 2.45) is 0 Å². The first-order chi connectivity index (χ1) is 15.5. The van der Waals surface area contributed by atoms with Gasteiger partial charge < -0.3 is 19.3 Å². The molecule has 0 bridgehead atoms. The minimum atomic E-state index is -0.855. The number of hydrogen-bond donors (Lipinski definition) is 1. The lowest BCUT2D eigenvalue weighted by atomic mass is 9.90. The zero-order valence-corrected chi connectivity index (χ0v) is 18.3. The van der Waals surface area contributed by atoms with E-state index in [-0.39, 0.29) is 5.91 Å². The van der Waals surface area contributed by atoms with Gasteiger partial charge in [0.2, 0.25) is 0 Å². The molecule has 7 nitrogen and oxygen atoms in total. The lowest BCUT2D eigenvalue weighted by Crippen LogP contribution is -2.48. The lowest BCUT2D eigenvalue weighted by Gasteiger charge is -2.38. The van der Waals surface area contributed by atoms with Gasteiger partial charge in [-0.15, -0.1) is 0 Å².